The molecule has 9 heteroatoms. The van der Waals surface area contributed by atoms with Crippen LogP contribution in [0.4, 0.5) is 13.2 Å². The van der Waals surface area contributed by atoms with Crippen LogP contribution in [0, 0.1) is 12.8 Å². The minimum absolute atomic E-state index is 0.0687. The molecule has 2 unspecified atom stereocenters. The second-order valence-corrected chi connectivity index (χ2v) is 6.05. The van der Waals surface area contributed by atoms with E-state index in [2.05, 4.69) is 26.1 Å². The van der Waals surface area contributed by atoms with Crippen molar-refractivity contribution in [2.75, 3.05) is 6.54 Å². The van der Waals surface area contributed by atoms with Gasteiger partial charge in [0.25, 0.3) is 0 Å². The third-order valence-electron chi connectivity index (χ3n) is 4.09. The molecule has 1 aliphatic rings. The Labute approximate surface area is 148 Å². The van der Waals surface area contributed by atoms with Crippen molar-refractivity contribution >= 4 is 5.91 Å². The van der Waals surface area contributed by atoms with Crippen LogP contribution in [0.2, 0.25) is 0 Å². The highest BCUT2D eigenvalue weighted by Crippen LogP contribution is 2.28. The molecule has 1 aromatic carbocycles. The van der Waals surface area contributed by atoms with Crippen LogP contribution in [0.3, 0.4) is 0 Å². The first kappa shape index (κ1) is 18.3. The molecule has 1 saturated heterocycles. The molecule has 1 aromatic heterocycles. The van der Waals surface area contributed by atoms with Crippen LogP contribution in [-0.4, -0.2) is 22.4 Å². The van der Waals surface area contributed by atoms with Crippen molar-refractivity contribution in [1.29, 1.82) is 0 Å². The highest BCUT2D eigenvalue weighted by atomic mass is 19.4. The average Bonchev–Trinajstić information content (AvgIpc) is 3.09. The summed E-state index contributed by atoms with van der Waals surface area (Å²) in [7, 11) is 0. The van der Waals surface area contributed by atoms with Crippen LogP contribution < -0.4 is 16.2 Å². The number of carbonyl (C=O) groups is 1. The number of nitrogens with zero attached hydrogens (tertiary/aromatic N) is 2. The number of carbonyl (C=O) groups excluding carboxylic acids is 1. The molecule has 0 spiro atoms. The Morgan fingerprint density at radius 3 is 2.69 bits per heavy atom. The van der Waals surface area contributed by atoms with Gasteiger partial charge in [-0.2, -0.15) is 13.2 Å². The number of hydrogen-bond donors (Lipinski definition) is 3. The molecule has 0 bridgehead atoms. The molecule has 0 saturated carbocycles. The Kier molecular flexibility index (Phi) is 5.19. The third kappa shape index (κ3) is 4.17. The number of nitrogens with one attached hydrogen (secondary N) is 3. The minimum atomic E-state index is -4.55. The molecule has 1 aliphatic heterocycles. The van der Waals surface area contributed by atoms with Gasteiger partial charge in [0.05, 0.1) is 18.5 Å². The lowest BCUT2D eigenvalue weighted by Crippen LogP contribution is -2.35. The van der Waals surface area contributed by atoms with Gasteiger partial charge in [-0.05, 0) is 18.6 Å². The first-order chi connectivity index (χ1) is 12.3. The van der Waals surface area contributed by atoms with Crippen molar-refractivity contribution in [2.24, 2.45) is 5.92 Å². The Morgan fingerprint density at radius 2 is 2.00 bits per heavy atom. The van der Waals surface area contributed by atoms with Gasteiger partial charge in [0, 0.05) is 12.2 Å². The van der Waals surface area contributed by atoms with E-state index in [1.807, 2.05) is 30.3 Å². The SMILES string of the molecule is Cc1cc(C(F)(F)F)nc(CNC(=O)C2CNNC2c2ccccc2)n1. The molecule has 2 atom stereocenters. The molecular weight excluding hydrogens is 347 g/mol. The Morgan fingerprint density at radius 1 is 1.27 bits per heavy atom. The quantitative estimate of drug-likeness (QED) is 0.771. The number of benzene rings is 1. The number of aromatic nitrogens is 2. The molecule has 3 N–H and O–H groups in total. The van der Waals surface area contributed by atoms with Gasteiger partial charge < -0.3 is 5.32 Å². The average molecular weight is 365 g/mol. The minimum Gasteiger partial charge on any atom is -0.348 e. The van der Waals surface area contributed by atoms with E-state index in [4.69, 9.17) is 0 Å². The standard InChI is InChI=1S/C17H18F3N5O/c1-10-7-13(17(18,19)20)24-14(23-10)9-21-16(26)12-8-22-25-15(12)11-5-3-2-4-6-11/h2-7,12,15,22,25H,8-9H2,1H3,(H,21,26). The molecule has 1 fully saturated rings. The van der Waals surface area contributed by atoms with E-state index in [0.29, 0.717) is 6.54 Å². The van der Waals surface area contributed by atoms with Gasteiger partial charge in [0.2, 0.25) is 5.91 Å². The summed E-state index contributed by atoms with van der Waals surface area (Å²) in [6.07, 6.45) is -4.55. The zero-order valence-corrected chi connectivity index (χ0v) is 14.0. The zero-order chi connectivity index (χ0) is 18.7. The largest absolute Gasteiger partial charge is 0.433 e. The fourth-order valence-corrected chi connectivity index (χ4v) is 2.87. The lowest BCUT2D eigenvalue weighted by atomic mass is 9.94. The van der Waals surface area contributed by atoms with Crippen LogP contribution in [0.5, 0.6) is 0 Å². The highest BCUT2D eigenvalue weighted by molar-refractivity contribution is 5.80. The van der Waals surface area contributed by atoms with Crippen LogP contribution in [-0.2, 0) is 17.5 Å². The van der Waals surface area contributed by atoms with Gasteiger partial charge in [-0.25, -0.2) is 15.4 Å². The fraction of sp³-hybridized carbons (Fsp3) is 0.353. The first-order valence-corrected chi connectivity index (χ1v) is 8.07. The van der Waals surface area contributed by atoms with E-state index in [1.54, 1.807) is 0 Å². The smallest absolute Gasteiger partial charge is 0.348 e. The number of alkyl halides is 3. The fourth-order valence-electron chi connectivity index (χ4n) is 2.87. The van der Waals surface area contributed by atoms with Gasteiger partial charge in [0.1, 0.15) is 11.5 Å². The number of rotatable bonds is 4. The molecular formula is C17H18F3N5O. The van der Waals surface area contributed by atoms with E-state index in [0.717, 1.165) is 11.6 Å². The highest BCUT2D eigenvalue weighted by Gasteiger charge is 2.35. The van der Waals surface area contributed by atoms with Crippen molar-refractivity contribution < 1.29 is 18.0 Å². The third-order valence-corrected chi connectivity index (χ3v) is 4.09. The topological polar surface area (TPSA) is 78.9 Å². The molecule has 6 nitrogen and oxygen atoms in total. The maximum Gasteiger partial charge on any atom is 0.433 e. The van der Waals surface area contributed by atoms with Gasteiger partial charge in [-0.3, -0.25) is 10.2 Å². The maximum absolute atomic E-state index is 12.8. The van der Waals surface area contributed by atoms with Crippen molar-refractivity contribution in [3.05, 3.63) is 59.2 Å². The molecule has 138 valence electrons. The first-order valence-electron chi connectivity index (χ1n) is 8.07. The summed E-state index contributed by atoms with van der Waals surface area (Å²) in [4.78, 5) is 20.0. The van der Waals surface area contributed by atoms with E-state index >= 15 is 0 Å². The van der Waals surface area contributed by atoms with E-state index in [1.165, 1.54) is 6.92 Å². The summed E-state index contributed by atoms with van der Waals surface area (Å²) in [6.45, 7) is 1.70. The van der Waals surface area contributed by atoms with Crippen LogP contribution in [0.25, 0.3) is 0 Å². The lowest BCUT2D eigenvalue weighted by molar-refractivity contribution is -0.141. The van der Waals surface area contributed by atoms with E-state index in [-0.39, 0.29) is 30.0 Å². The molecule has 26 heavy (non-hydrogen) atoms. The van der Waals surface area contributed by atoms with Crippen molar-refractivity contribution in [1.82, 2.24) is 26.1 Å². The second kappa shape index (κ2) is 7.38. The number of aryl methyl sites for hydroxylation is 1. The van der Waals surface area contributed by atoms with E-state index < -0.39 is 17.8 Å². The maximum atomic E-state index is 12.8. The molecule has 3 rings (SSSR count). The molecule has 0 radical (unpaired) electrons. The van der Waals surface area contributed by atoms with Crippen LogP contribution >= 0.6 is 0 Å². The van der Waals surface area contributed by atoms with Crippen molar-refractivity contribution in [2.45, 2.75) is 25.7 Å². The van der Waals surface area contributed by atoms with Crippen molar-refractivity contribution in [3.63, 3.8) is 0 Å². The number of hydrogen-bond acceptors (Lipinski definition) is 5. The molecule has 2 aromatic rings. The van der Waals surface area contributed by atoms with Gasteiger partial charge in [-0.1, -0.05) is 30.3 Å². The Hall–Kier alpha value is -2.52. The summed E-state index contributed by atoms with van der Waals surface area (Å²) in [5.74, 6) is -0.750. The summed E-state index contributed by atoms with van der Waals surface area (Å²) in [5.41, 5.74) is 6.13. The van der Waals surface area contributed by atoms with Crippen LogP contribution in [0.15, 0.2) is 36.4 Å². The summed E-state index contributed by atoms with van der Waals surface area (Å²) in [5, 5.41) is 2.64. The van der Waals surface area contributed by atoms with Crippen molar-refractivity contribution in [3.8, 4) is 0 Å². The number of halogens is 3. The van der Waals surface area contributed by atoms with Gasteiger partial charge in [0.15, 0.2) is 0 Å². The predicted molar refractivity (Wildman–Crippen MR) is 87.4 cm³/mol. The Balaban J connectivity index is 1.68. The van der Waals surface area contributed by atoms with Crippen LogP contribution in [0.1, 0.15) is 28.8 Å². The lowest BCUT2D eigenvalue weighted by Gasteiger charge is -2.18. The number of amides is 1. The molecule has 2 heterocycles. The molecule has 0 aliphatic carbocycles. The van der Waals surface area contributed by atoms with E-state index in [9.17, 15) is 18.0 Å². The number of hydrazine groups is 1. The Bertz CT molecular complexity index is 782. The zero-order valence-electron chi connectivity index (χ0n) is 14.0. The van der Waals surface area contributed by atoms with Gasteiger partial charge in [-0.15, -0.1) is 0 Å². The summed E-state index contributed by atoms with van der Waals surface area (Å²) < 4.78 is 38.5. The monoisotopic (exact) mass is 365 g/mol. The second-order valence-electron chi connectivity index (χ2n) is 6.05. The predicted octanol–water partition coefficient (Wildman–Crippen LogP) is 1.89. The van der Waals surface area contributed by atoms with Gasteiger partial charge >= 0.3 is 6.18 Å². The summed E-state index contributed by atoms with van der Waals surface area (Å²) >= 11 is 0. The molecule has 1 amide bonds. The normalized spacial score (nSPS) is 20.2. The summed E-state index contributed by atoms with van der Waals surface area (Å²) in [6, 6.07) is 10.1.